The summed E-state index contributed by atoms with van der Waals surface area (Å²) < 4.78 is 0. The third-order valence-corrected chi connectivity index (χ3v) is 13.3. The summed E-state index contributed by atoms with van der Waals surface area (Å²) in [7, 11) is 0. The van der Waals surface area contributed by atoms with Crippen molar-refractivity contribution < 1.29 is 0 Å². The Morgan fingerprint density at radius 3 is 1.28 bits per heavy atom. The van der Waals surface area contributed by atoms with Crippen molar-refractivity contribution in [2.75, 3.05) is 4.90 Å². The molecule has 0 aliphatic heterocycles. The van der Waals surface area contributed by atoms with E-state index >= 15 is 0 Å². The SMILES string of the molecule is c1ccc(-c2cc(-c3ccccc3)cc(N(c3ccc4c(c3)-c3ccccc3C4(c3ccccc3)c3ccccc3)c3c(-c4ccccc4)c4ccccc4c4ccccc34)c2)cc1. The lowest BCUT2D eigenvalue weighted by Gasteiger charge is -2.34. The summed E-state index contributed by atoms with van der Waals surface area (Å²) in [4.78, 5) is 2.56. The Hall–Kier alpha value is -8.26. The first-order valence-electron chi connectivity index (χ1n) is 22.2. The van der Waals surface area contributed by atoms with Gasteiger partial charge in [0, 0.05) is 22.3 Å². The van der Waals surface area contributed by atoms with Crippen molar-refractivity contribution in [1.29, 1.82) is 0 Å². The molecule has 0 unspecified atom stereocenters. The second kappa shape index (κ2) is 15.6. The maximum Gasteiger partial charge on any atom is 0.0713 e. The molecule has 0 bridgehead atoms. The van der Waals surface area contributed by atoms with E-state index in [1.807, 2.05) is 0 Å². The van der Waals surface area contributed by atoms with Crippen LogP contribution in [0.15, 0.2) is 261 Å². The Kier molecular flexibility index (Phi) is 9.13. The highest BCUT2D eigenvalue weighted by Gasteiger charge is 2.46. The van der Waals surface area contributed by atoms with E-state index in [-0.39, 0.29) is 0 Å². The van der Waals surface area contributed by atoms with Crippen LogP contribution in [0.2, 0.25) is 0 Å². The minimum Gasteiger partial charge on any atom is -0.309 e. The van der Waals surface area contributed by atoms with Crippen molar-refractivity contribution in [1.82, 2.24) is 0 Å². The first-order chi connectivity index (χ1) is 31.8. The molecule has 1 aliphatic carbocycles. The maximum absolute atomic E-state index is 2.56. The van der Waals surface area contributed by atoms with Crippen LogP contribution in [-0.4, -0.2) is 0 Å². The molecule has 0 atom stereocenters. The van der Waals surface area contributed by atoms with Gasteiger partial charge in [-0.2, -0.15) is 0 Å². The van der Waals surface area contributed by atoms with Gasteiger partial charge < -0.3 is 4.90 Å². The third-order valence-electron chi connectivity index (χ3n) is 13.3. The van der Waals surface area contributed by atoms with Gasteiger partial charge in [0.15, 0.2) is 0 Å². The zero-order valence-electron chi connectivity index (χ0n) is 35.3. The van der Waals surface area contributed by atoms with Gasteiger partial charge in [0.2, 0.25) is 0 Å². The summed E-state index contributed by atoms with van der Waals surface area (Å²) in [6, 6.07) is 96.1. The van der Waals surface area contributed by atoms with E-state index in [4.69, 9.17) is 0 Å². The molecule has 0 heterocycles. The van der Waals surface area contributed by atoms with Crippen molar-refractivity contribution >= 4 is 38.6 Å². The Morgan fingerprint density at radius 1 is 0.266 bits per heavy atom. The minimum absolute atomic E-state index is 0.504. The molecule has 0 saturated heterocycles. The number of fused-ring (bicyclic) bond motifs is 6. The number of anilines is 3. The van der Waals surface area contributed by atoms with E-state index in [2.05, 4.69) is 266 Å². The van der Waals surface area contributed by atoms with E-state index in [9.17, 15) is 0 Å². The van der Waals surface area contributed by atoms with Crippen LogP contribution in [0.25, 0.3) is 66.1 Å². The number of hydrogen-bond donors (Lipinski definition) is 0. The van der Waals surface area contributed by atoms with E-state index in [0.717, 1.165) is 28.2 Å². The van der Waals surface area contributed by atoms with Crippen LogP contribution in [0.4, 0.5) is 17.1 Å². The Bertz CT molecular complexity index is 3370. The van der Waals surface area contributed by atoms with Crippen LogP contribution in [0.3, 0.4) is 0 Å². The zero-order valence-corrected chi connectivity index (χ0v) is 35.3. The first-order valence-corrected chi connectivity index (χ1v) is 22.2. The molecule has 12 rings (SSSR count). The summed E-state index contributed by atoms with van der Waals surface area (Å²) in [5.74, 6) is 0. The van der Waals surface area contributed by atoms with E-state index < -0.39 is 5.41 Å². The van der Waals surface area contributed by atoms with Crippen LogP contribution in [-0.2, 0) is 5.41 Å². The quantitative estimate of drug-likeness (QED) is 0.138. The molecule has 0 radical (unpaired) electrons. The second-order valence-corrected chi connectivity index (χ2v) is 16.8. The topological polar surface area (TPSA) is 3.24 Å². The first kappa shape index (κ1) is 37.5. The fourth-order valence-electron chi connectivity index (χ4n) is 10.6. The smallest absolute Gasteiger partial charge is 0.0713 e. The van der Waals surface area contributed by atoms with Crippen LogP contribution in [0.5, 0.6) is 0 Å². The molecule has 0 spiro atoms. The predicted molar refractivity (Wildman–Crippen MR) is 270 cm³/mol. The summed E-state index contributed by atoms with van der Waals surface area (Å²) in [6.45, 7) is 0. The van der Waals surface area contributed by atoms with E-state index in [1.165, 1.54) is 77.2 Å². The van der Waals surface area contributed by atoms with Gasteiger partial charge in [0.1, 0.15) is 0 Å². The monoisotopic (exact) mass is 813 g/mol. The highest BCUT2D eigenvalue weighted by atomic mass is 15.1. The summed E-state index contributed by atoms with van der Waals surface area (Å²) in [5.41, 5.74) is 17.4. The van der Waals surface area contributed by atoms with Crippen LogP contribution in [0, 0.1) is 0 Å². The minimum atomic E-state index is -0.504. The Labute approximate surface area is 374 Å². The van der Waals surface area contributed by atoms with Gasteiger partial charge in [-0.3, -0.25) is 0 Å². The molecule has 0 amide bonds. The van der Waals surface area contributed by atoms with Gasteiger partial charge in [0.05, 0.1) is 11.1 Å². The average Bonchev–Trinajstić information content (AvgIpc) is 3.68. The van der Waals surface area contributed by atoms with Crippen molar-refractivity contribution in [3.8, 4) is 44.5 Å². The fourth-order valence-corrected chi connectivity index (χ4v) is 10.6. The van der Waals surface area contributed by atoms with Crippen molar-refractivity contribution in [2.24, 2.45) is 0 Å². The molecule has 0 N–H and O–H groups in total. The van der Waals surface area contributed by atoms with Crippen molar-refractivity contribution in [3.05, 3.63) is 283 Å². The average molecular weight is 814 g/mol. The molecule has 1 aliphatic rings. The third kappa shape index (κ3) is 6.01. The van der Waals surface area contributed by atoms with E-state index in [0.29, 0.717) is 0 Å². The van der Waals surface area contributed by atoms with E-state index in [1.54, 1.807) is 0 Å². The Morgan fingerprint density at radius 2 is 0.703 bits per heavy atom. The van der Waals surface area contributed by atoms with Crippen LogP contribution >= 0.6 is 0 Å². The van der Waals surface area contributed by atoms with Gasteiger partial charge in [-0.15, -0.1) is 0 Å². The van der Waals surface area contributed by atoms with Crippen molar-refractivity contribution in [3.63, 3.8) is 0 Å². The number of hydrogen-bond acceptors (Lipinski definition) is 1. The molecule has 1 nitrogen and oxygen atoms in total. The lowest BCUT2D eigenvalue weighted by atomic mass is 9.68. The summed E-state index contributed by atoms with van der Waals surface area (Å²) >= 11 is 0. The molecule has 1 heteroatoms. The molecular formula is C63H43N. The number of rotatable bonds is 8. The van der Waals surface area contributed by atoms with Crippen LogP contribution < -0.4 is 4.90 Å². The van der Waals surface area contributed by atoms with Gasteiger partial charge in [-0.05, 0) is 108 Å². The Balaban J connectivity index is 1.22. The van der Waals surface area contributed by atoms with Gasteiger partial charge >= 0.3 is 0 Å². The molecule has 0 saturated carbocycles. The number of nitrogens with zero attached hydrogens (tertiary/aromatic N) is 1. The zero-order chi connectivity index (χ0) is 42.5. The lowest BCUT2D eigenvalue weighted by molar-refractivity contribution is 0.768. The van der Waals surface area contributed by atoms with Gasteiger partial charge in [-0.25, -0.2) is 0 Å². The van der Waals surface area contributed by atoms with Gasteiger partial charge in [-0.1, -0.05) is 231 Å². The second-order valence-electron chi connectivity index (χ2n) is 16.8. The highest BCUT2D eigenvalue weighted by Crippen LogP contribution is 2.58. The van der Waals surface area contributed by atoms with Crippen LogP contribution in [0.1, 0.15) is 22.3 Å². The largest absolute Gasteiger partial charge is 0.309 e. The maximum atomic E-state index is 2.56. The molecule has 0 fully saturated rings. The predicted octanol–water partition coefficient (Wildman–Crippen LogP) is 16.8. The molecule has 0 aromatic heterocycles. The molecule has 64 heavy (non-hydrogen) atoms. The normalized spacial score (nSPS) is 12.5. The molecule has 11 aromatic rings. The fraction of sp³-hybridized carbons (Fsp3) is 0.0159. The number of benzene rings is 11. The molecule has 300 valence electrons. The standard InChI is InChI=1S/C63H43N/c1-6-22-44(23-7-1)47-40-48(45-24-8-2-9-25-45)42-52(41-47)64(62-57-36-19-17-33-54(57)53-32-16-18-35-56(53)61(62)46-26-10-3-11-27-46)51-38-39-60-58(43-51)55-34-20-21-37-59(55)63(60,49-28-12-4-13-29-49)50-30-14-5-15-31-50/h1-43H. The highest BCUT2D eigenvalue weighted by molar-refractivity contribution is 6.22. The summed E-state index contributed by atoms with van der Waals surface area (Å²) in [5, 5.41) is 4.87. The summed E-state index contributed by atoms with van der Waals surface area (Å²) in [6.07, 6.45) is 0. The molecular weight excluding hydrogens is 771 g/mol. The lowest BCUT2D eigenvalue weighted by Crippen LogP contribution is -2.28. The van der Waals surface area contributed by atoms with Gasteiger partial charge in [0.25, 0.3) is 0 Å². The van der Waals surface area contributed by atoms with Crippen molar-refractivity contribution in [2.45, 2.75) is 5.41 Å². The molecule has 11 aromatic carbocycles.